The molecule has 0 saturated carbocycles. The molecule has 0 aliphatic rings. The van der Waals surface area contributed by atoms with Gasteiger partial charge in [-0.05, 0) is 25.1 Å². The number of nitrogens with two attached hydrogens (primary N) is 1. The van der Waals surface area contributed by atoms with Crippen LogP contribution in [0.2, 0.25) is 0 Å². The largest absolute Gasteiger partial charge is 0.478 e. The number of aromatic amines is 1. The highest BCUT2D eigenvalue weighted by atomic mass is 32.2. The molecular weight excluding hydrogens is 284 g/mol. The highest BCUT2D eigenvalue weighted by Gasteiger charge is 2.20. The minimum atomic E-state index is -3.93. The topological polar surface area (TPSA) is 138 Å². The molecule has 0 unspecified atom stereocenters. The van der Waals surface area contributed by atoms with Gasteiger partial charge < -0.3 is 15.8 Å². The molecule has 8 nitrogen and oxygen atoms in total. The normalized spacial score (nSPS) is 11.2. The number of carboxylic acids is 1. The molecule has 9 heteroatoms. The molecule has 0 fully saturated rings. The van der Waals surface area contributed by atoms with Crippen LogP contribution in [0.5, 0.6) is 0 Å². The number of anilines is 2. The van der Waals surface area contributed by atoms with Crippen LogP contribution in [-0.4, -0.2) is 29.5 Å². The molecule has 0 amide bonds. The number of aromatic carboxylic acids is 1. The highest BCUT2D eigenvalue weighted by Crippen LogP contribution is 2.22. The quantitative estimate of drug-likeness (QED) is 0.615. The van der Waals surface area contributed by atoms with E-state index < -0.39 is 16.0 Å². The van der Waals surface area contributed by atoms with Crippen molar-refractivity contribution in [3.05, 3.63) is 35.8 Å². The first-order valence-electron chi connectivity index (χ1n) is 5.47. The Bertz CT molecular complexity index is 766. The van der Waals surface area contributed by atoms with Gasteiger partial charge in [0.15, 0.2) is 5.03 Å². The molecule has 0 aliphatic carbocycles. The molecule has 1 aromatic carbocycles. The highest BCUT2D eigenvalue weighted by molar-refractivity contribution is 7.92. The van der Waals surface area contributed by atoms with Crippen molar-refractivity contribution < 1.29 is 18.3 Å². The van der Waals surface area contributed by atoms with Gasteiger partial charge in [-0.25, -0.2) is 9.78 Å². The summed E-state index contributed by atoms with van der Waals surface area (Å²) in [6, 6.07) is 3.88. The second-order valence-electron chi connectivity index (χ2n) is 4.05. The Hall–Kier alpha value is -2.55. The monoisotopic (exact) mass is 296 g/mol. The van der Waals surface area contributed by atoms with E-state index in [0.29, 0.717) is 5.82 Å². The van der Waals surface area contributed by atoms with Gasteiger partial charge in [-0.15, -0.1) is 0 Å². The van der Waals surface area contributed by atoms with Gasteiger partial charge in [-0.2, -0.15) is 8.42 Å². The van der Waals surface area contributed by atoms with Crippen LogP contribution in [0.3, 0.4) is 0 Å². The number of hydrogen-bond donors (Lipinski definition) is 4. The standard InChI is InChI=1S/C11H12N4O4S/c1-6-13-5-10(14-6)20(18,19)15-9-3-2-7(12)4-8(9)11(16)17/h2-5,15H,12H2,1H3,(H,13,14)(H,16,17). The van der Waals surface area contributed by atoms with Gasteiger partial charge in [0.1, 0.15) is 5.82 Å². The lowest BCUT2D eigenvalue weighted by Gasteiger charge is -2.09. The van der Waals surface area contributed by atoms with E-state index >= 15 is 0 Å². The Labute approximate surface area is 114 Å². The van der Waals surface area contributed by atoms with Crippen LogP contribution in [0.1, 0.15) is 16.2 Å². The first kappa shape index (κ1) is 13.9. The molecule has 0 bridgehead atoms. The molecule has 0 atom stereocenters. The Kier molecular flexibility index (Phi) is 3.36. The number of carboxylic acid groups (broad SMARTS) is 1. The summed E-state index contributed by atoms with van der Waals surface area (Å²) < 4.78 is 26.3. The zero-order valence-electron chi connectivity index (χ0n) is 10.4. The summed E-state index contributed by atoms with van der Waals surface area (Å²) in [5.41, 5.74) is 5.41. The lowest BCUT2D eigenvalue weighted by molar-refractivity contribution is 0.0698. The average molecular weight is 296 g/mol. The summed E-state index contributed by atoms with van der Waals surface area (Å²) in [6.45, 7) is 1.60. The maximum absolute atomic E-state index is 12.1. The molecule has 1 heterocycles. The van der Waals surface area contributed by atoms with Crippen molar-refractivity contribution >= 4 is 27.4 Å². The zero-order chi connectivity index (χ0) is 14.9. The molecule has 0 spiro atoms. The molecule has 0 saturated heterocycles. The lowest BCUT2D eigenvalue weighted by Crippen LogP contribution is -2.16. The van der Waals surface area contributed by atoms with E-state index in [9.17, 15) is 13.2 Å². The lowest BCUT2D eigenvalue weighted by atomic mass is 10.1. The van der Waals surface area contributed by atoms with Crippen LogP contribution in [0.4, 0.5) is 11.4 Å². The Morgan fingerprint density at radius 3 is 2.70 bits per heavy atom. The number of aryl methyl sites for hydroxylation is 1. The van der Waals surface area contributed by atoms with E-state index in [0.717, 1.165) is 6.20 Å². The summed E-state index contributed by atoms with van der Waals surface area (Å²) >= 11 is 0. The van der Waals surface area contributed by atoms with Gasteiger partial charge in [0.25, 0.3) is 10.0 Å². The third kappa shape index (κ3) is 2.72. The summed E-state index contributed by atoms with van der Waals surface area (Å²) in [4.78, 5) is 17.4. The van der Waals surface area contributed by atoms with Crippen LogP contribution in [0.15, 0.2) is 29.4 Å². The Morgan fingerprint density at radius 2 is 2.15 bits per heavy atom. The molecule has 0 aliphatic heterocycles. The van der Waals surface area contributed by atoms with Crippen molar-refractivity contribution in [3.63, 3.8) is 0 Å². The number of sulfonamides is 1. The maximum atomic E-state index is 12.1. The van der Waals surface area contributed by atoms with Crippen molar-refractivity contribution in [2.75, 3.05) is 10.5 Å². The minimum absolute atomic E-state index is 0.0704. The fourth-order valence-corrected chi connectivity index (χ4v) is 2.61. The van der Waals surface area contributed by atoms with Crippen molar-refractivity contribution in [2.45, 2.75) is 11.9 Å². The Morgan fingerprint density at radius 1 is 1.45 bits per heavy atom. The van der Waals surface area contributed by atoms with Gasteiger partial charge in [0, 0.05) is 5.69 Å². The third-order valence-electron chi connectivity index (χ3n) is 2.49. The number of benzene rings is 1. The fraction of sp³-hybridized carbons (Fsp3) is 0.0909. The van der Waals surface area contributed by atoms with E-state index in [4.69, 9.17) is 10.8 Å². The van der Waals surface area contributed by atoms with Crippen molar-refractivity contribution in [1.29, 1.82) is 0 Å². The summed E-state index contributed by atoms with van der Waals surface area (Å²) in [7, 11) is -3.93. The molecule has 2 rings (SSSR count). The fourth-order valence-electron chi connectivity index (χ4n) is 1.56. The van der Waals surface area contributed by atoms with Crippen LogP contribution in [-0.2, 0) is 10.0 Å². The number of nitrogens with zero attached hydrogens (tertiary/aromatic N) is 1. The van der Waals surface area contributed by atoms with Crippen LogP contribution >= 0.6 is 0 Å². The number of nitrogen functional groups attached to an aromatic ring is 1. The maximum Gasteiger partial charge on any atom is 0.337 e. The predicted molar refractivity (Wildman–Crippen MR) is 71.9 cm³/mol. The van der Waals surface area contributed by atoms with Crippen LogP contribution in [0.25, 0.3) is 0 Å². The van der Waals surface area contributed by atoms with Crippen molar-refractivity contribution in [1.82, 2.24) is 9.97 Å². The number of hydrogen-bond acceptors (Lipinski definition) is 5. The first-order chi connectivity index (χ1) is 9.29. The van der Waals surface area contributed by atoms with Gasteiger partial charge in [-0.3, -0.25) is 4.72 Å². The van der Waals surface area contributed by atoms with E-state index in [-0.39, 0.29) is 22.0 Å². The summed E-state index contributed by atoms with van der Waals surface area (Å²) in [5.74, 6) is -0.850. The average Bonchev–Trinajstić information content (AvgIpc) is 2.78. The minimum Gasteiger partial charge on any atom is -0.478 e. The number of H-pyrrole nitrogens is 1. The number of imidazole rings is 1. The third-order valence-corrected chi connectivity index (χ3v) is 3.76. The summed E-state index contributed by atoms with van der Waals surface area (Å²) in [6.07, 6.45) is 1.15. The number of rotatable bonds is 4. The molecule has 106 valence electrons. The first-order valence-corrected chi connectivity index (χ1v) is 6.95. The smallest absolute Gasteiger partial charge is 0.337 e. The van der Waals surface area contributed by atoms with E-state index in [1.54, 1.807) is 6.92 Å². The van der Waals surface area contributed by atoms with Crippen LogP contribution < -0.4 is 10.5 Å². The van der Waals surface area contributed by atoms with Crippen molar-refractivity contribution in [3.8, 4) is 0 Å². The Balaban J connectivity index is 2.42. The van der Waals surface area contributed by atoms with Crippen LogP contribution in [0, 0.1) is 6.92 Å². The predicted octanol–water partition coefficient (Wildman–Crippen LogP) is 0.799. The molecule has 20 heavy (non-hydrogen) atoms. The second kappa shape index (κ2) is 4.85. The van der Waals surface area contributed by atoms with Gasteiger partial charge in [-0.1, -0.05) is 0 Å². The molecule has 2 aromatic rings. The molecule has 1 aromatic heterocycles. The number of nitrogens with one attached hydrogen (secondary N) is 2. The molecule has 0 radical (unpaired) electrons. The van der Waals surface area contributed by atoms with E-state index in [2.05, 4.69) is 14.7 Å². The SMILES string of the molecule is Cc1ncc(S(=O)(=O)Nc2ccc(N)cc2C(=O)O)[nH]1. The molecule has 5 N–H and O–H groups in total. The number of carbonyl (C=O) groups is 1. The molecular formula is C11H12N4O4S. The zero-order valence-corrected chi connectivity index (χ0v) is 11.2. The second-order valence-corrected chi connectivity index (χ2v) is 5.70. The summed E-state index contributed by atoms with van der Waals surface area (Å²) in [5, 5.41) is 8.90. The van der Waals surface area contributed by atoms with Crippen molar-refractivity contribution in [2.24, 2.45) is 0 Å². The van der Waals surface area contributed by atoms with Gasteiger partial charge in [0.05, 0.1) is 17.4 Å². The van der Waals surface area contributed by atoms with Gasteiger partial charge >= 0.3 is 5.97 Å². The van der Waals surface area contributed by atoms with Gasteiger partial charge in [0.2, 0.25) is 0 Å². The van der Waals surface area contributed by atoms with E-state index in [1.807, 2.05) is 0 Å². The van der Waals surface area contributed by atoms with E-state index in [1.165, 1.54) is 18.2 Å². The number of aromatic nitrogens is 2.